The molecular formula is C13H24N4O2S. The molecule has 0 spiro atoms. The van der Waals surface area contributed by atoms with Crippen LogP contribution in [0.4, 0.5) is 0 Å². The van der Waals surface area contributed by atoms with Crippen molar-refractivity contribution < 1.29 is 8.42 Å². The highest BCUT2D eigenvalue weighted by atomic mass is 32.2. The van der Waals surface area contributed by atoms with E-state index >= 15 is 0 Å². The summed E-state index contributed by atoms with van der Waals surface area (Å²) in [5, 5.41) is 9.81. The van der Waals surface area contributed by atoms with Gasteiger partial charge in [-0.15, -0.1) is 0 Å². The summed E-state index contributed by atoms with van der Waals surface area (Å²) < 4.78 is 27.5. The lowest BCUT2D eigenvalue weighted by Crippen LogP contribution is -2.31. The largest absolute Gasteiger partial charge is 0.316 e. The maximum absolute atomic E-state index is 12.4. The molecule has 0 aromatic carbocycles. The average molecular weight is 300 g/mol. The van der Waals surface area contributed by atoms with E-state index in [-0.39, 0.29) is 5.03 Å². The zero-order chi connectivity index (χ0) is 14.8. The maximum atomic E-state index is 12.4. The topological polar surface area (TPSA) is 86.9 Å². The first-order chi connectivity index (χ1) is 9.45. The number of hydrogen-bond donors (Lipinski definition) is 3. The van der Waals surface area contributed by atoms with Crippen LogP contribution >= 0.6 is 0 Å². The van der Waals surface area contributed by atoms with Gasteiger partial charge in [0.2, 0.25) is 0 Å². The number of sulfonamides is 1. The Labute approximate surface area is 120 Å². The maximum Gasteiger partial charge on any atom is 0.260 e. The number of aromatic nitrogens is 2. The Bertz CT molecular complexity index is 553. The summed E-state index contributed by atoms with van der Waals surface area (Å²) in [6, 6.07) is 0. The molecule has 0 saturated heterocycles. The molecule has 1 aromatic rings. The predicted molar refractivity (Wildman–Crippen MR) is 77.8 cm³/mol. The Morgan fingerprint density at radius 3 is 2.75 bits per heavy atom. The lowest BCUT2D eigenvalue weighted by molar-refractivity contribution is 0.414. The Morgan fingerprint density at radius 2 is 2.15 bits per heavy atom. The van der Waals surface area contributed by atoms with Crippen LogP contribution in [-0.4, -0.2) is 32.2 Å². The van der Waals surface area contributed by atoms with Crippen LogP contribution in [0, 0.1) is 18.8 Å². The summed E-state index contributed by atoms with van der Waals surface area (Å²) >= 11 is 0. The SMILES string of the molecule is CNCc1c(S(=O)(=O)NCC2CCCC2C)n[nH]c1C. The van der Waals surface area contributed by atoms with Crippen LogP contribution in [0.15, 0.2) is 5.03 Å². The van der Waals surface area contributed by atoms with E-state index in [9.17, 15) is 8.42 Å². The number of rotatable bonds is 6. The normalized spacial score (nSPS) is 23.4. The molecular weight excluding hydrogens is 276 g/mol. The molecule has 1 saturated carbocycles. The second-order valence-electron chi connectivity index (χ2n) is 5.68. The lowest BCUT2D eigenvalue weighted by Gasteiger charge is -2.15. The minimum absolute atomic E-state index is 0.120. The number of H-pyrrole nitrogens is 1. The lowest BCUT2D eigenvalue weighted by atomic mass is 9.99. The zero-order valence-electron chi connectivity index (χ0n) is 12.4. The Morgan fingerprint density at radius 1 is 1.40 bits per heavy atom. The number of aromatic amines is 1. The van der Waals surface area contributed by atoms with Crippen LogP contribution in [-0.2, 0) is 16.6 Å². The molecule has 0 radical (unpaired) electrons. The van der Waals surface area contributed by atoms with Gasteiger partial charge in [0.1, 0.15) is 0 Å². The number of nitrogens with one attached hydrogen (secondary N) is 3. The van der Waals surface area contributed by atoms with Gasteiger partial charge >= 0.3 is 0 Å². The molecule has 1 heterocycles. The van der Waals surface area contributed by atoms with Gasteiger partial charge in [0, 0.05) is 24.3 Å². The molecule has 2 atom stereocenters. The van der Waals surface area contributed by atoms with Crippen molar-refractivity contribution in [3.63, 3.8) is 0 Å². The molecule has 1 aromatic heterocycles. The highest BCUT2D eigenvalue weighted by molar-refractivity contribution is 7.89. The van der Waals surface area contributed by atoms with Crippen molar-refractivity contribution in [1.82, 2.24) is 20.2 Å². The van der Waals surface area contributed by atoms with Crippen molar-refractivity contribution >= 4 is 10.0 Å². The van der Waals surface area contributed by atoms with Crippen molar-refractivity contribution in [3.8, 4) is 0 Å². The minimum Gasteiger partial charge on any atom is -0.316 e. The molecule has 7 heteroatoms. The van der Waals surface area contributed by atoms with Crippen LogP contribution in [0.5, 0.6) is 0 Å². The van der Waals surface area contributed by atoms with Gasteiger partial charge in [0.05, 0.1) is 0 Å². The molecule has 2 rings (SSSR count). The Hall–Kier alpha value is -0.920. The second kappa shape index (κ2) is 6.24. The summed E-state index contributed by atoms with van der Waals surface area (Å²) in [6.45, 7) is 5.02. The van der Waals surface area contributed by atoms with Crippen molar-refractivity contribution in [2.75, 3.05) is 13.6 Å². The highest BCUT2D eigenvalue weighted by Gasteiger charge is 2.28. The summed E-state index contributed by atoms with van der Waals surface area (Å²) in [7, 11) is -1.75. The van der Waals surface area contributed by atoms with Crippen molar-refractivity contribution in [2.45, 2.75) is 44.7 Å². The molecule has 1 aliphatic rings. The molecule has 0 bridgehead atoms. The first-order valence-electron chi connectivity index (χ1n) is 7.13. The predicted octanol–water partition coefficient (Wildman–Crippen LogP) is 1.15. The van der Waals surface area contributed by atoms with Crippen LogP contribution < -0.4 is 10.0 Å². The van der Waals surface area contributed by atoms with Gasteiger partial charge in [-0.2, -0.15) is 5.10 Å². The first kappa shape index (κ1) is 15.5. The average Bonchev–Trinajstić information content (AvgIpc) is 2.95. The van der Waals surface area contributed by atoms with E-state index in [4.69, 9.17) is 0 Å². The molecule has 1 fully saturated rings. The van der Waals surface area contributed by atoms with E-state index in [1.165, 1.54) is 12.8 Å². The second-order valence-corrected chi connectivity index (χ2v) is 7.37. The van der Waals surface area contributed by atoms with Gasteiger partial charge in [-0.3, -0.25) is 5.10 Å². The number of aryl methyl sites for hydroxylation is 1. The molecule has 0 aliphatic heterocycles. The number of hydrogen-bond acceptors (Lipinski definition) is 4. The van der Waals surface area contributed by atoms with Crippen LogP contribution in [0.1, 0.15) is 37.4 Å². The Kier molecular flexibility index (Phi) is 4.82. The fraction of sp³-hybridized carbons (Fsp3) is 0.769. The molecule has 6 nitrogen and oxygen atoms in total. The quantitative estimate of drug-likeness (QED) is 0.735. The molecule has 1 aliphatic carbocycles. The van der Waals surface area contributed by atoms with E-state index in [2.05, 4.69) is 27.2 Å². The van der Waals surface area contributed by atoms with Crippen molar-refractivity contribution in [2.24, 2.45) is 11.8 Å². The van der Waals surface area contributed by atoms with Crippen LogP contribution in [0.25, 0.3) is 0 Å². The van der Waals surface area contributed by atoms with Crippen molar-refractivity contribution in [1.29, 1.82) is 0 Å². The molecule has 2 unspecified atom stereocenters. The number of nitrogens with zero attached hydrogens (tertiary/aromatic N) is 1. The van der Waals surface area contributed by atoms with Gasteiger partial charge in [-0.1, -0.05) is 19.8 Å². The van der Waals surface area contributed by atoms with Crippen LogP contribution in [0.2, 0.25) is 0 Å². The van der Waals surface area contributed by atoms with E-state index in [1.807, 2.05) is 6.92 Å². The fourth-order valence-electron chi connectivity index (χ4n) is 2.85. The third-order valence-electron chi connectivity index (χ3n) is 4.22. The third kappa shape index (κ3) is 3.21. The smallest absolute Gasteiger partial charge is 0.260 e. The fourth-order valence-corrected chi connectivity index (χ4v) is 4.13. The standard InChI is InChI=1S/C13H24N4O2S/c1-9-5-4-6-11(9)7-15-20(18,19)13-12(8-14-3)10(2)16-17-13/h9,11,14-15H,4-8H2,1-3H3,(H,16,17). The molecule has 0 amide bonds. The highest BCUT2D eigenvalue weighted by Crippen LogP contribution is 2.30. The Balaban J connectivity index is 2.10. The van der Waals surface area contributed by atoms with E-state index in [0.29, 0.717) is 30.5 Å². The zero-order valence-corrected chi connectivity index (χ0v) is 13.2. The van der Waals surface area contributed by atoms with Crippen LogP contribution in [0.3, 0.4) is 0 Å². The minimum atomic E-state index is -3.54. The molecule has 114 valence electrons. The van der Waals surface area contributed by atoms with E-state index in [1.54, 1.807) is 7.05 Å². The first-order valence-corrected chi connectivity index (χ1v) is 8.62. The van der Waals surface area contributed by atoms with Gasteiger partial charge in [0.25, 0.3) is 10.0 Å². The van der Waals surface area contributed by atoms with E-state index < -0.39 is 10.0 Å². The third-order valence-corrected chi connectivity index (χ3v) is 5.61. The van der Waals surface area contributed by atoms with Crippen molar-refractivity contribution in [3.05, 3.63) is 11.3 Å². The summed E-state index contributed by atoms with van der Waals surface area (Å²) in [6.07, 6.45) is 3.49. The van der Waals surface area contributed by atoms with Gasteiger partial charge in [0.15, 0.2) is 5.03 Å². The summed E-state index contributed by atoms with van der Waals surface area (Å²) in [4.78, 5) is 0. The monoisotopic (exact) mass is 300 g/mol. The summed E-state index contributed by atoms with van der Waals surface area (Å²) in [5.74, 6) is 1.04. The molecule has 20 heavy (non-hydrogen) atoms. The molecule has 3 N–H and O–H groups in total. The van der Waals surface area contributed by atoms with Gasteiger partial charge < -0.3 is 5.32 Å². The van der Waals surface area contributed by atoms with E-state index in [0.717, 1.165) is 12.1 Å². The summed E-state index contributed by atoms with van der Waals surface area (Å²) in [5.41, 5.74) is 1.49. The van der Waals surface area contributed by atoms with Gasteiger partial charge in [-0.25, -0.2) is 13.1 Å². The van der Waals surface area contributed by atoms with Gasteiger partial charge in [-0.05, 0) is 32.2 Å².